The summed E-state index contributed by atoms with van der Waals surface area (Å²) in [4.78, 5) is 13.6. The van der Waals surface area contributed by atoms with E-state index >= 15 is 0 Å². The lowest BCUT2D eigenvalue weighted by atomic mass is 10.1. The van der Waals surface area contributed by atoms with Crippen LogP contribution in [0.15, 0.2) is 66.2 Å². The first-order chi connectivity index (χ1) is 14.1. The molecule has 3 N–H and O–H groups in total. The van der Waals surface area contributed by atoms with Crippen molar-refractivity contribution in [3.05, 3.63) is 75.4 Å². The summed E-state index contributed by atoms with van der Waals surface area (Å²) < 4.78 is 2.87. The van der Waals surface area contributed by atoms with Crippen molar-refractivity contribution in [3.63, 3.8) is 0 Å². The zero-order valence-electron chi connectivity index (χ0n) is 15.4. The summed E-state index contributed by atoms with van der Waals surface area (Å²) in [6.07, 6.45) is 2.65. The van der Waals surface area contributed by atoms with Gasteiger partial charge in [-0.05, 0) is 76.0 Å². The van der Waals surface area contributed by atoms with E-state index in [0.717, 1.165) is 25.4 Å². The van der Waals surface area contributed by atoms with E-state index in [1.54, 1.807) is 16.0 Å². The summed E-state index contributed by atoms with van der Waals surface area (Å²) in [5.74, 6) is -0.108. The van der Waals surface area contributed by atoms with E-state index in [1.807, 2.05) is 66.2 Å². The van der Waals surface area contributed by atoms with E-state index in [1.165, 1.54) is 0 Å². The van der Waals surface area contributed by atoms with Crippen LogP contribution in [0.1, 0.15) is 12.1 Å². The van der Waals surface area contributed by atoms with Gasteiger partial charge in [-0.2, -0.15) is 0 Å². The van der Waals surface area contributed by atoms with Crippen molar-refractivity contribution in [3.8, 4) is 16.1 Å². The highest BCUT2D eigenvalue weighted by molar-refractivity contribution is 14.1. The molecule has 2 aromatic carbocycles. The number of thiophene rings is 1. The fraction of sp³-hybridized carbons (Fsp3) is 0.0952. The molecule has 0 aliphatic carbocycles. The smallest absolute Gasteiger partial charge is 0.224 e. The monoisotopic (exact) mass is 515 g/mol. The lowest BCUT2D eigenvalue weighted by molar-refractivity contribution is -0.116. The molecule has 29 heavy (non-hydrogen) atoms. The fourth-order valence-corrected chi connectivity index (χ4v) is 3.93. The van der Waals surface area contributed by atoms with Gasteiger partial charge in [-0.3, -0.25) is 4.79 Å². The maximum absolute atomic E-state index is 12.4. The largest absolute Gasteiger partial charge is 0.397 e. The van der Waals surface area contributed by atoms with Gasteiger partial charge >= 0.3 is 0 Å². The van der Waals surface area contributed by atoms with E-state index in [4.69, 9.17) is 5.73 Å². The Morgan fingerprint density at radius 1 is 1.17 bits per heavy atom. The van der Waals surface area contributed by atoms with Gasteiger partial charge in [-0.1, -0.05) is 17.3 Å². The number of aryl methyl sites for hydroxylation is 1. The lowest BCUT2D eigenvalue weighted by Gasteiger charge is -2.09. The van der Waals surface area contributed by atoms with Gasteiger partial charge in [0.15, 0.2) is 0 Å². The number of benzene rings is 2. The predicted molar refractivity (Wildman–Crippen MR) is 125 cm³/mol. The van der Waals surface area contributed by atoms with Crippen LogP contribution in [0.3, 0.4) is 0 Å². The third-order valence-corrected chi connectivity index (χ3v) is 6.01. The predicted octanol–water partition coefficient (Wildman–Crippen LogP) is 4.75. The van der Waals surface area contributed by atoms with Gasteiger partial charge in [0, 0.05) is 21.3 Å². The lowest BCUT2D eigenvalue weighted by Crippen LogP contribution is -2.13. The van der Waals surface area contributed by atoms with Crippen LogP contribution in [-0.2, 0) is 11.2 Å². The number of hydrogen-bond donors (Lipinski definition) is 2. The molecule has 8 heteroatoms. The molecule has 0 unspecified atom stereocenters. The Hall–Kier alpha value is -2.72. The van der Waals surface area contributed by atoms with Crippen LogP contribution < -0.4 is 11.1 Å². The number of hydrogen-bond acceptors (Lipinski definition) is 5. The Labute approximate surface area is 185 Å². The van der Waals surface area contributed by atoms with Gasteiger partial charge < -0.3 is 11.1 Å². The summed E-state index contributed by atoms with van der Waals surface area (Å²) >= 11 is 3.91. The van der Waals surface area contributed by atoms with E-state index in [0.29, 0.717) is 24.2 Å². The second-order valence-corrected chi connectivity index (χ2v) is 8.65. The molecule has 4 rings (SSSR count). The number of carbonyl (C=O) groups excluding carboxylic acids is 1. The third kappa shape index (κ3) is 4.83. The van der Waals surface area contributed by atoms with E-state index < -0.39 is 0 Å². The molecule has 4 aromatic rings. The Morgan fingerprint density at radius 2 is 2.00 bits per heavy atom. The SMILES string of the molecule is Nc1ccc(-c2cccs2)cc1NC(=O)CCc1cn(-c2ccc(I)cc2)nn1. The summed E-state index contributed by atoms with van der Waals surface area (Å²) in [6, 6.07) is 17.7. The zero-order valence-corrected chi connectivity index (χ0v) is 18.4. The number of halogens is 1. The van der Waals surface area contributed by atoms with Crippen molar-refractivity contribution in [1.29, 1.82) is 0 Å². The highest BCUT2D eigenvalue weighted by Crippen LogP contribution is 2.30. The number of rotatable bonds is 6. The number of nitrogen functional groups attached to an aromatic ring is 1. The second-order valence-electron chi connectivity index (χ2n) is 6.46. The minimum Gasteiger partial charge on any atom is -0.397 e. The van der Waals surface area contributed by atoms with E-state index in [-0.39, 0.29) is 5.91 Å². The molecule has 0 aliphatic rings. The van der Waals surface area contributed by atoms with Gasteiger partial charge in [0.05, 0.1) is 29.0 Å². The van der Waals surface area contributed by atoms with Crippen molar-refractivity contribution in [1.82, 2.24) is 15.0 Å². The molecule has 6 nitrogen and oxygen atoms in total. The van der Waals surface area contributed by atoms with Gasteiger partial charge in [-0.25, -0.2) is 4.68 Å². The number of nitrogens with two attached hydrogens (primary N) is 1. The van der Waals surface area contributed by atoms with Crippen molar-refractivity contribution in [2.24, 2.45) is 0 Å². The highest BCUT2D eigenvalue weighted by Gasteiger charge is 2.10. The Kier molecular flexibility index (Phi) is 5.91. The number of nitrogens with zero attached hydrogens (tertiary/aromatic N) is 3. The molecular formula is C21H18IN5OS. The van der Waals surface area contributed by atoms with Crippen molar-refractivity contribution >= 4 is 51.2 Å². The van der Waals surface area contributed by atoms with Crippen LogP contribution >= 0.6 is 33.9 Å². The number of amides is 1. The molecule has 0 atom stereocenters. The molecule has 146 valence electrons. The van der Waals surface area contributed by atoms with Crippen LogP contribution in [-0.4, -0.2) is 20.9 Å². The Bertz CT molecular complexity index is 1120. The number of carbonyl (C=O) groups is 1. The number of anilines is 2. The molecule has 2 heterocycles. The van der Waals surface area contributed by atoms with Crippen LogP contribution in [0.25, 0.3) is 16.1 Å². The van der Waals surface area contributed by atoms with Crippen LogP contribution in [0.5, 0.6) is 0 Å². The average molecular weight is 515 g/mol. The first kappa shape index (κ1) is 19.6. The van der Waals surface area contributed by atoms with E-state index in [2.05, 4.69) is 38.2 Å². The topological polar surface area (TPSA) is 85.8 Å². The van der Waals surface area contributed by atoms with Crippen molar-refractivity contribution in [2.45, 2.75) is 12.8 Å². The third-order valence-electron chi connectivity index (χ3n) is 4.37. The molecule has 0 fully saturated rings. The zero-order chi connectivity index (χ0) is 20.2. The van der Waals surface area contributed by atoms with Crippen LogP contribution in [0, 0.1) is 3.57 Å². The van der Waals surface area contributed by atoms with Gasteiger partial charge in [-0.15, -0.1) is 16.4 Å². The van der Waals surface area contributed by atoms with Crippen LogP contribution in [0.2, 0.25) is 0 Å². The summed E-state index contributed by atoms with van der Waals surface area (Å²) in [6.45, 7) is 0. The average Bonchev–Trinajstić information content (AvgIpc) is 3.41. The Morgan fingerprint density at radius 3 is 2.76 bits per heavy atom. The van der Waals surface area contributed by atoms with Crippen molar-refractivity contribution in [2.75, 3.05) is 11.1 Å². The second kappa shape index (κ2) is 8.75. The minimum atomic E-state index is -0.108. The highest BCUT2D eigenvalue weighted by atomic mass is 127. The van der Waals surface area contributed by atoms with Gasteiger partial charge in [0.1, 0.15) is 0 Å². The van der Waals surface area contributed by atoms with Gasteiger partial charge in [0.2, 0.25) is 5.91 Å². The number of aromatic nitrogens is 3. The summed E-state index contributed by atoms with van der Waals surface area (Å²) in [7, 11) is 0. The first-order valence-electron chi connectivity index (χ1n) is 8.99. The molecule has 0 bridgehead atoms. The molecule has 0 radical (unpaired) electrons. The van der Waals surface area contributed by atoms with Gasteiger partial charge in [0.25, 0.3) is 0 Å². The standard InChI is InChI=1S/C21H18IN5OS/c22-15-4-7-17(8-5-15)27-13-16(25-26-27)6-10-21(28)24-19-12-14(3-9-18(19)23)20-2-1-11-29-20/h1-5,7-9,11-13H,6,10,23H2,(H,24,28). The van der Waals surface area contributed by atoms with Crippen molar-refractivity contribution < 1.29 is 4.79 Å². The minimum absolute atomic E-state index is 0.108. The van der Waals surface area contributed by atoms with Crippen LogP contribution in [0.4, 0.5) is 11.4 Å². The molecule has 0 aliphatic heterocycles. The fourth-order valence-electron chi connectivity index (χ4n) is 2.85. The summed E-state index contributed by atoms with van der Waals surface area (Å²) in [5, 5.41) is 13.2. The molecule has 0 saturated heterocycles. The quantitative estimate of drug-likeness (QED) is 0.287. The summed E-state index contributed by atoms with van der Waals surface area (Å²) in [5.41, 5.74) is 9.94. The molecule has 0 spiro atoms. The molecular weight excluding hydrogens is 497 g/mol. The Balaban J connectivity index is 1.38. The first-order valence-corrected chi connectivity index (χ1v) is 10.9. The number of nitrogens with one attached hydrogen (secondary N) is 1. The molecule has 2 aromatic heterocycles. The molecule has 1 amide bonds. The maximum Gasteiger partial charge on any atom is 0.224 e. The molecule has 0 saturated carbocycles. The maximum atomic E-state index is 12.4. The van der Waals surface area contributed by atoms with E-state index in [9.17, 15) is 4.79 Å². The normalized spacial score (nSPS) is 10.8.